The molecular weight excluding hydrogens is 182 g/mol. The highest BCUT2D eigenvalue weighted by Gasteiger charge is 2.01. The Morgan fingerprint density at radius 2 is 2.07 bits per heavy atom. The van der Waals surface area contributed by atoms with Gasteiger partial charge in [-0.3, -0.25) is 4.79 Å². The normalized spacial score (nSPS) is 8.57. The first-order chi connectivity index (χ1) is 6.59. The van der Waals surface area contributed by atoms with Crippen molar-refractivity contribution >= 4 is 11.9 Å². The van der Waals surface area contributed by atoms with E-state index in [-0.39, 0.29) is 5.56 Å². The molecule has 4 heteroatoms. The fourth-order valence-electron chi connectivity index (χ4n) is 0.864. The van der Waals surface area contributed by atoms with Crippen molar-refractivity contribution in [1.29, 1.82) is 0 Å². The lowest BCUT2D eigenvalue weighted by Crippen LogP contribution is -2.06. The van der Waals surface area contributed by atoms with Gasteiger partial charge >= 0.3 is 5.97 Å². The molecule has 3 N–H and O–H groups in total. The van der Waals surface area contributed by atoms with E-state index in [0.717, 1.165) is 0 Å². The second-order valence-corrected chi connectivity index (χ2v) is 2.50. The Hall–Kier alpha value is -2.28. The Labute approximate surface area is 80.3 Å². The molecule has 0 aliphatic rings. The Bertz CT molecular complexity index is 440. The Morgan fingerprint density at radius 1 is 1.36 bits per heavy atom. The van der Waals surface area contributed by atoms with E-state index < -0.39 is 11.9 Å². The summed E-state index contributed by atoms with van der Waals surface area (Å²) in [7, 11) is 0. The van der Waals surface area contributed by atoms with Crippen LogP contribution in [0.3, 0.4) is 0 Å². The lowest BCUT2D eigenvalue weighted by Gasteiger charge is -1.93. The van der Waals surface area contributed by atoms with Crippen LogP contribution in [0.1, 0.15) is 15.9 Å². The SMILES string of the molecule is NC(=O)C#Cc1cccc(C(=O)O)c1. The molecule has 1 amide bonds. The van der Waals surface area contributed by atoms with Gasteiger partial charge in [0.05, 0.1) is 5.56 Å². The third-order valence-corrected chi connectivity index (χ3v) is 1.44. The molecule has 0 saturated carbocycles. The minimum Gasteiger partial charge on any atom is -0.478 e. The molecule has 0 atom stereocenters. The predicted molar refractivity (Wildman–Crippen MR) is 49.5 cm³/mol. The van der Waals surface area contributed by atoms with E-state index in [0.29, 0.717) is 5.56 Å². The van der Waals surface area contributed by atoms with Gasteiger partial charge in [-0.1, -0.05) is 12.0 Å². The van der Waals surface area contributed by atoms with Gasteiger partial charge in [0.2, 0.25) is 0 Å². The smallest absolute Gasteiger partial charge is 0.335 e. The van der Waals surface area contributed by atoms with Crippen molar-refractivity contribution in [3.8, 4) is 11.8 Å². The molecule has 4 nitrogen and oxygen atoms in total. The van der Waals surface area contributed by atoms with Crippen LogP contribution < -0.4 is 5.73 Å². The quantitative estimate of drug-likeness (QED) is 0.620. The van der Waals surface area contributed by atoms with Crippen LogP contribution in [0.4, 0.5) is 0 Å². The summed E-state index contributed by atoms with van der Waals surface area (Å²) in [4.78, 5) is 20.9. The molecule has 0 bridgehead atoms. The zero-order valence-electron chi connectivity index (χ0n) is 7.15. The number of amides is 1. The van der Waals surface area contributed by atoms with Gasteiger partial charge < -0.3 is 10.8 Å². The van der Waals surface area contributed by atoms with Crippen molar-refractivity contribution in [3.05, 3.63) is 35.4 Å². The van der Waals surface area contributed by atoms with E-state index in [1.165, 1.54) is 12.1 Å². The van der Waals surface area contributed by atoms with Crippen LogP contribution in [0.5, 0.6) is 0 Å². The minimum absolute atomic E-state index is 0.126. The summed E-state index contributed by atoms with van der Waals surface area (Å²) in [5.74, 6) is 2.80. The van der Waals surface area contributed by atoms with Gasteiger partial charge in [0.15, 0.2) is 0 Å². The van der Waals surface area contributed by atoms with Crippen molar-refractivity contribution in [1.82, 2.24) is 0 Å². The molecule has 1 aromatic carbocycles. The summed E-state index contributed by atoms with van der Waals surface area (Å²) in [6, 6.07) is 5.97. The fraction of sp³-hybridized carbons (Fsp3) is 0. The van der Waals surface area contributed by atoms with Crippen LogP contribution in [0, 0.1) is 11.8 Å². The number of hydrogen-bond acceptors (Lipinski definition) is 2. The Kier molecular flexibility index (Phi) is 2.87. The number of carbonyl (C=O) groups excluding carboxylic acids is 1. The molecule has 0 saturated heterocycles. The van der Waals surface area contributed by atoms with Gasteiger partial charge in [-0.2, -0.15) is 0 Å². The number of aromatic carboxylic acids is 1. The van der Waals surface area contributed by atoms with Gasteiger partial charge in [0.1, 0.15) is 0 Å². The molecule has 70 valence electrons. The second kappa shape index (κ2) is 4.10. The highest BCUT2D eigenvalue weighted by atomic mass is 16.4. The van der Waals surface area contributed by atoms with Gasteiger partial charge in [0.25, 0.3) is 5.91 Å². The number of rotatable bonds is 1. The third kappa shape index (κ3) is 2.64. The monoisotopic (exact) mass is 189 g/mol. The number of benzene rings is 1. The van der Waals surface area contributed by atoms with Crippen LogP contribution in [0.25, 0.3) is 0 Å². The van der Waals surface area contributed by atoms with E-state index in [1.807, 2.05) is 0 Å². The average molecular weight is 189 g/mol. The van der Waals surface area contributed by atoms with Crippen LogP contribution in [0.2, 0.25) is 0 Å². The average Bonchev–Trinajstić information content (AvgIpc) is 2.15. The molecule has 0 aromatic heterocycles. The van der Waals surface area contributed by atoms with Crippen molar-refractivity contribution < 1.29 is 14.7 Å². The Balaban J connectivity index is 3.02. The number of primary amides is 1. The van der Waals surface area contributed by atoms with E-state index in [2.05, 4.69) is 11.8 Å². The number of carboxylic acid groups (broad SMARTS) is 1. The van der Waals surface area contributed by atoms with Crippen LogP contribution in [-0.4, -0.2) is 17.0 Å². The summed E-state index contributed by atoms with van der Waals surface area (Å²) in [5.41, 5.74) is 5.38. The first kappa shape index (κ1) is 9.81. The van der Waals surface area contributed by atoms with Crippen molar-refractivity contribution in [2.75, 3.05) is 0 Å². The highest BCUT2D eigenvalue weighted by molar-refractivity contribution is 5.93. The highest BCUT2D eigenvalue weighted by Crippen LogP contribution is 2.03. The van der Waals surface area contributed by atoms with E-state index in [1.54, 1.807) is 12.1 Å². The van der Waals surface area contributed by atoms with E-state index >= 15 is 0 Å². The minimum atomic E-state index is -1.03. The number of nitrogens with two attached hydrogens (primary N) is 1. The number of hydrogen-bond donors (Lipinski definition) is 2. The maximum Gasteiger partial charge on any atom is 0.335 e. The van der Waals surface area contributed by atoms with Crippen molar-refractivity contribution in [2.45, 2.75) is 0 Å². The zero-order chi connectivity index (χ0) is 10.6. The predicted octanol–water partition coefficient (Wildman–Crippen LogP) is 0.222. The molecule has 0 aliphatic heterocycles. The first-order valence-electron chi connectivity index (χ1n) is 3.74. The molecule has 1 rings (SSSR count). The number of carboxylic acids is 1. The molecule has 0 fully saturated rings. The molecule has 0 aliphatic carbocycles. The van der Waals surface area contributed by atoms with Crippen LogP contribution in [0.15, 0.2) is 24.3 Å². The van der Waals surface area contributed by atoms with Crippen molar-refractivity contribution in [2.24, 2.45) is 5.73 Å². The third-order valence-electron chi connectivity index (χ3n) is 1.44. The standard InChI is InChI=1S/C10H7NO3/c11-9(12)5-4-7-2-1-3-8(6-7)10(13)14/h1-3,6H,(H2,11,12)(H,13,14). The topological polar surface area (TPSA) is 80.4 Å². The summed E-state index contributed by atoms with van der Waals surface area (Å²) in [5, 5.41) is 8.65. The lowest BCUT2D eigenvalue weighted by atomic mass is 10.1. The van der Waals surface area contributed by atoms with Gasteiger partial charge in [-0.25, -0.2) is 4.79 Å². The summed E-state index contributed by atoms with van der Waals surface area (Å²) in [6.07, 6.45) is 0. The summed E-state index contributed by atoms with van der Waals surface area (Å²) in [6.45, 7) is 0. The molecule has 0 heterocycles. The Morgan fingerprint density at radius 3 is 2.64 bits per heavy atom. The largest absolute Gasteiger partial charge is 0.478 e. The molecule has 1 aromatic rings. The van der Waals surface area contributed by atoms with Crippen LogP contribution in [-0.2, 0) is 4.79 Å². The first-order valence-corrected chi connectivity index (χ1v) is 3.74. The molecule has 0 unspecified atom stereocenters. The fourth-order valence-corrected chi connectivity index (χ4v) is 0.864. The summed E-state index contributed by atoms with van der Waals surface area (Å²) < 4.78 is 0. The number of carbonyl (C=O) groups is 2. The summed E-state index contributed by atoms with van der Waals surface area (Å²) >= 11 is 0. The van der Waals surface area contributed by atoms with E-state index in [4.69, 9.17) is 10.8 Å². The molecule has 0 spiro atoms. The second-order valence-electron chi connectivity index (χ2n) is 2.50. The lowest BCUT2D eigenvalue weighted by molar-refractivity contribution is -0.112. The maximum absolute atomic E-state index is 10.6. The zero-order valence-corrected chi connectivity index (χ0v) is 7.15. The van der Waals surface area contributed by atoms with E-state index in [9.17, 15) is 9.59 Å². The molecular formula is C10H7NO3. The van der Waals surface area contributed by atoms with Gasteiger partial charge in [-0.05, 0) is 24.1 Å². The van der Waals surface area contributed by atoms with Gasteiger partial charge in [-0.15, -0.1) is 0 Å². The maximum atomic E-state index is 10.6. The molecule has 0 radical (unpaired) electrons. The van der Waals surface area contributed by atoms with Crippen LogP contribution >= 0.6 is 0 Å². The van der Waals surface area contributed by atoms with Gasteiger partial charge in [0, 0.05) is 5.56 Å². The molecule has 14 heavy (non-hydrogen) atoms. The van der Waals surface area contributed by atoms with Crippen molar-refractivity contribution in [3.63, 3.8) is 0 Å².